The van der Waals surface area contributed by atoms with E-state index in [1.165, 1.54) is 15.4 Å². The summed E-state index contributed by atoms with van der Waals surface area (Å²) < 4.78 is 0. The van der Waals surface area contributed by atoms with Crippen LogP contribution in [0.25, 0.3) is 0 Å². The predicted molar refractivity (Wildman–Crippen MR) is 98.6 cm³/mol. The lowest BCUT2D eigenvalue weighted by atomic mass is 10.2. The molecule has 0 bridgehead atoms. The fourth-order valence-electron chi connectivity index (χ4n) is 2.10. The number of quaternary nitrogens is 1. The van der Waals surface area contributed by atoms with E-state index in [0.29, 0.717) is 17.3 Å². The molecule has 0 radical (unpaired) electrons. The highest BCUT2D eigenvalue weighted by molar-refractivity contribution is 7.99. The molecule has 0 aliphatic rings. The number of halogens is 1. The van der Waals surface area contributed by atoms with Crippen LogP contribution >= 0.6 is 23.4 Å². The Hall–Kier alpha value is -1.49. The van der Waals surface area contributed by atoms with Gasteiger partial charge in [-0.1, -0.05) is 41.4 Å². The summed E-state index contributed by atoms with van der Waals surface area (Å²) in [4.78, 5) is 14.5. The van der Waals surface area contributed by atoms with Crippen molar-refractivity contribution in [2.45, 2.75) is 11.8 Å². The zero-order valence-corrected chi connectivity index (χ0v) is 15.0. The number of likely N-dealkylation sites (N-methyl/N-ethyl adjacent to an activating group) is 1. The minimum absolute atomic E-state index is 0.0177. The number of nitrogens with one attached hydrogen (secondary N) is 2. The Morgan fingerprint density at radius 1 is 1.17 bits per heavy atom. The van der Waals surface area contributed by atoms with Gasteiger partial charge in [0, 0.05) is 10.6 Å². The predicted octanol–water partition coefficient (Wildman–Crippen LogP) is 2.89. The van der Waals surface area contributed by atoms with Crippen LogP contribution in [0.5, 0.6) is 0 Å². The Labute approximate surface area is 147 Å². The maximum atomic E-state index is 12.0. The fraction of sp³-hybridized carbons (Fsp3) is 0.278. The van der Waals surface area contributed by atoms with E-state index in [2.05, 4.69) is 36.5 Å². The van der Waals surface area contributed by atoms with Crippen LogP contribution in [-0.4, -0.2) is 31.8 Å². The molecule has 0 fully saturated rings. The van der Waals surface area contributed by atoms with E-state index in [1.807, 2.05) is 37.0 Å². The van der Waals surface area contributed by atoms with Gasteiger partial charge >= 0.3 is 0 Å². The first-order chi connectivity index (χ1) is 11.0. The number of rotatable bonds is 7. The van der Waals surface area contributed by atoms with E-state index < -0.39 is 0 Å². The van der Waals surface area contributed by atoms with Crippen LogP contribution < -0.4 is 10.2 Å². The molecule has 2 rings (SSSR count). The standard InChI is InChI=1S/C18H21ClN2OS/c1-14-7-9-15(10-8-14)23-12-11-21(2)13-18(22)20-17-6-4-3-5-16(17)19/h3-10H,11-13H2,1-2H3,(H,20,22)/p+1. The zero-order valence-electron chi connectivity index (χ0n) is 13.4. The topological polar surface area (TPSA) is 33.5 Å². The molecule has 0 saturated carbocycles. The van der Waals surface area contributed by atoms with Gasteiger partial charge in [-0.15, -0.1) is 11.8 Å². The van der Waals surface area contributed by atoms with Gasteiger partial charge in [-0.2, -0.15) is 0 Å². The summed E-state index contributed by atoms with van der Waals surface area (Å²) in [7, 11) is 2.03. The van der Waals surface area contributed by atoms with Crippen molar-refractivity contribution in [3.8, 4) is 0 Å². The molecule has 3 nitrogen and oxygen atoms in total. The van der Waals surface area contributed by atoms with Crippen molar-refractivity contribution in [2.24, 2.45) is 0 Å². The van der Waals surface area contributed by atoms with Gasteiger partial charge in [0.25, 0.3) is 5.91 Å². The van der Waals surface area contributed by atoms with Crippen molar-refractivity contribution in [1.29, 1.82) is 0 Å². The van der Waals surface area contributed by atoms with Gasteiger partial charge in [-0.05, 0) is 31.2 Å². The minimum atomic E-state index is -0.0177. The highest BCUT2D eigenvalue weighted by Crippen LogP contribution is 2.20. The van der Waals surface area contributed by atoms with Crippen LogP contribution in [0.1, 0.15) is 5.56 Å². The molecule has 1 atom stereocenters. The van der Waals surface area contributed by atoms with Crippen molar-refractivity contribution < 1.29 is 9.69 Å². The zero-order chi connectivity index (χ0) is 16.7. The molecular weight excluding hydrogens is 328 g/mol. The number of amides is 1. The fourth-order valence-corrected chi connectivity index (χ4v) is 3.29. The molecule has 2 aromatic carbocycles. The van der Waals surface area contributed by atoms with Gasteiger partial charge in [0.05, 0.1) is 24.3 Å². The normalized spacial score (nSPS) is 12.0. The third-order valence-electron chi connectivity index (χ3n) is 3.43. The molecule has 122 valence electrons. The summed E-state index contributed by atoms with van der Waals surface area (Å²) in [6.07, 6.45) is 0. The lowest BCUT2D eigenvalue weighted by molar-refractivity contribution is -0.868. The van der Waals surface area contributed by atoms with Crippen molar-refractivity contribution in [3.63, 3.8) is 0 Å². The first-order valence-corrected chi connectivity index (χ1v) is 8.96. The van der Waals surface area contributed by atoms with Gasteiger partial charge in [0.15, 0.2) is 6.54 Å². The molecule has 23 heavy (non-hydrogen) atoms. The Morgan fingerprint density at radius 3 is 2.57 bits per heavy atom. The molecule has 2 aromatic rings. The number of benzene rings is 2. The summed E-state index contributed by atoms with van der Waals surface area (Å²) in [5.41, 5.74) is 1.94. The SMILES string of the molecule is Cc1ccc(SCC[NH+](C)CC(=O)Nc2ccccc2Cl)cc1. The maximum absolute atomic E-state index is 12.0. The second-order valence-electron chi connectivity index (χ2n) is 5.57. The second-order valence-corrected chi connectivity index (χ2v) is 7.15. The molecule has 0 aromatic heterocycles. The average molecular weight is 350 g/mol. The number of aryl methyl sites for hydroxylation is 1. The molecule has 1 amide bonds. The first-order valence-electron chi connectivity index (χ1n) is 7.60. The Bertz CT molecular complexity index is 646. The van der Waals surface area contributed by atoms with Gasteiger partial charge in [-0.25, -0.2) is 0 Å². The lowest BCUT2D eigenvalue weighted by Gasteiger charge is -2.14. The number of carbonyl (C=O) groups is 1. The Balaban J connectivity index is 1.71. The van der Waals surface area contributed by atoms with Crippen LogP contribution in [0, 0.1) is 6.92 Å². The monoisotopic (exact) mass is 349 g/mol. The van der Waals surface area contributed by atoms with Crippen LogP contribution in [-0.2, 0) is 4.79 Å². The molecule has 0 aliphatic carbocycles. The van der Waals surface area contributed by atoms with Crippen LogP contribution in [0.3, 0.4) is 0 Å². The minimum Gasteiger partial charge on any atom is -0.329 e. The number of para-hydroxylation sites is 1. The molecule has 5 heteroatoms. The van der Waals surface area contributed by atoms with Crippen LogP contribution in [0.15, 0.2) is 53.4 Å². The quantitative estimate of drug-likeness (QED) is 0.754. The second kappa shape index (κ2) is 8.96. The van der Waals surface area contributed by atoms with Crippen molar-refractivity contribution in [1.82, 2.24) is 0 Å². The Kier molecular flexibility index (Phi) is 6.96. The summed E-state index contributed by atoms with van der Waals surface area (Å²) in [5.74, 6) is 0.963. The number of thioether (sulfide) groups is 1. The molecular formula is C18H22ClN2OS+. The van der Waals surface area contributed by atoms with E-state index in [9.17, 15) is 4.79 Å². The molecule has 2 N–H and O–H groups in total. The smallest absolute Gasteiger partial charge is 0.279 e. The van der Waals surface area contributed by atoms with E-state index >= 15 is 0 Å². The average Bonchev–Trinajstić information content (AvgIpc) is 2.51. The van der Waals surface area contributed by atoms with Gasteiger partial charge in [-0.3, -0.25) is 4.79 Å². The molecule has 0 aliphatic heterocycles. The van der Waals surface area contributed by atoms with Gasteiger partial charge < -0.3 is 10.2 Å². The number of hydrogen-bond donors (Lipinski definition) is 2. The molecule has 0 saturated heterocycles. The lowest BCUT2D eigenvalue weighted by Crippen LogP contribution is -3.10. The van der Waals surface area contributed by atoms with Gasteiger partial charge in [0.2, 0.25) is 0 Å². The number of anilines is 1. The van der Waals surface area contributed by atoms with E-state index in [4.69, 9.17) is 11.6 Å². The van der Waals surface area contributed by atoms with Crippen molar-refractivity contribution in [3.05, 3.63) is 59.1 Å². The van der Waals surface area contributed by atoms with Crippen LogP contribution in [0.2, 0.25) is 5.02 Å². The third-order valence-corrected chi connectivity index (χ3v) is 4.77. The highest BCUT2D eigenvalue weighted by Gasteiger charge is 2.11. The summed E-state index contributed by atoms with van der Waals surface area (Å²) in [6.45, 7) is 3.44. The Morgan fingerprint density at radius 2 is 1.87 bits per heavy atom. The van der Waals surface area contributed by atoms with Crippen molar-refractivity contribution >= 4 is 35.0 Å². The van der Waals surface area contributed by atoms with Crippen LogP contribution in [0.4, 0.5) is 5.69 Å². The summed E-state index contributed by atoms with van der Waals surface area (Å²) in [6, 6.07) is 15.8. The van der Waals surface area contributed by atoms with Gasteiger partial charge in [0.1, 0.15) is 0 Å². The van der Waals surface area contributed by atoms with E-state index in [1.54, 1.807) is 6.07 Å². The largest absolute Gasteiger partial charge is 0.329 e. The van der Waals surface area contributed by atoms with Crippen molar-refractivity contribution in [2.75, 3.05) is 31.2 Å². The maximum Gasteiger partial charge on any atom is 0.279 e. The highest BCUT2D eigenvalue weighted by atomic mass is 35.5. The summed E-state index contributed by atoms with van der Waals surface area (Å²) in [5, 5.41) is 3.42. The molecule has 0 heterocycles. The van der Waals surface area contributed by atoms with E-state index in [0.717, 1.165) is 12.3 Å². The summed E-state index contributed by atoms with van der Waals surface area (Å²) >= 11 is 7.86. The molecule has 1 unspecified atom stereocenters. The molecule has 0 spiro atoms. The number of carbonyl (C=O) groups excluding carboxylic acids is 1. The first kappa shape index (κ1) is 17.9. The van der Waals surface area contributed by atoms with E-state index in [-0.39, 0.29) is 5.91 Å². The third kappa shape index (κ3) is 6.26. The number of hydrogen-bond acceptors (Lipinski definition) is 2.